The van der Waals surface area contributed by atoms with Gasteiger partial charge in [0.1, 0.15) is 0 Å². The molecule has 1 aliphatic heterocycles. The van der Waals surface area contributed by atoms with Gasteiger partial charge in [0, 0.05) is 49.0 Å². The van der Waals surface area contributed by atoms with Gasteiger partial charge in [-0.3, -0.25) is 4.79 Å². The zero-order valence-corrected chi connectivity index (χ0v) is 21.1. The Morgan fingerprint density at radius 3 is 2.62 bits per heavy atom. The molecular formula is C29H30N6O2. The summed E-state index contributed by atoms with van der Waals surface area (Å²) in [4.78, 5) is 25.9. The van der Waals surface area contributed by atoms with Crippen LogP contribution in [-0.4, -0.2) is 61.1 Å². The van der Waals surface area contributed by atoms with Crippen molar-refractivity contribution in [1.29, 1.82) is 0 Å². The van der Waals surface area contributed by atoms with Crippen molar-refractivity contribution in [2.75, 3.05) is 55.9 Å². The molecule has 188 valence electrons. The molecule has 1 saturated heterocycles. The van der Waals surface area contributed by atoms with E-state index in [9.17, 15) is 4.79 Å². The van der Waals surface area contributed by atoms with E-state index in [0.29, 0.717) is 11.6 Å². The SMILES string of the molecule is C=CC(=O)Nc1cccc(-c2cccc3cnc(Nc4cccc(N5CCN(C)CC5)c4OC)nc23)c1. The Balaban J connectivity index is 1.48. The van der Waals surface area contributed by atoms with E-state index >= 15 is 0 Å². The summed E-state index contributed by atoms with van der Waals surface area (Å²) in [5.41, 5.74) is 5.24. The molecule has 2 heterocycles. The first-order valence-corrected chi connectivity index (χ1v) is 12.2. The van der Waals surface area contributed by atoms with Crippen molar-refractivity contribution in [3.8, 4) is 16.9 Å². The molecule has 0 radical (unpaired) electrons. The van der Waals surface area contributed by atoms with Gasteiger partial charge in [0.25, 0.3) is 0 Å². The van der Waals surface area contributed by atoms with Crippen LogP contribution in [0, 0.1) is 0 Å². The highest BCUT2D eigenvalue weighted by Gasteiger charge is 2.20. The molecule has 1 fully saturated rings. The van der Waals surface area contributed by atoms with E-state index in [1.54, 1.807) is 7.11 Å². The van der Waals surface area contributed by atoms with E-state index < -0.39 is 0 Å². The van der Waals surface area contributed by atoms with Crippen molar-refractivity contribution in [3.05, 3.63) is 79.5 Å². The number of rotatable bonds is 7. The first-order valence-electron chi connectivity index (χ1n) is 12.2. The monoisotopic (exact) mass is 494 g/mol. The van der Waals surface area contributed by atoms with Crippen LogP contribution in [0.1, 0.15) is 0 Å². The fourth-order valence-corrected chi connectivity index (χ4v) is 4.56. The second kappa shape index (κ2) is 10.7. The maximum absolute atomic E-state index is 11.8. The maximum atomic E-state index is 11.8. The molecule has 1 aromatic heterocycles. The van der Waals surface area contributed by atoms with E-state index in [1.807, 2.05) is 60.8 Å². The van der Waals surface area contributed by atoms with Gasteiger partial charge >= 0.3 is 0 Å². The normalized spacial score (nSPS) is 13.8. The van der Waals surface area contributed by atoms with E-state index in [1.165, 1.54) is 6.08 Å². The molecule has 5 rings (SSSR count). The predicted octanol–water partition coefficient (Wildman–Crippen LogP) is 4.93. The molecular weight excluding hydrogens is 464 g/mol. The van der Waals surface area contributed by atoms with Crippen molar-refractivity contribution in [2.45, 2.75) is 0 Å². The van der Waals surface area contributed by atoms with Gasteiger partial charge in [0.05, 0.1) is 24.0 Å². The summed E-state index contributed by atoms with van der Waals surface area (Å²) in [7, 11) is 3.84. The Morgan fingerprint density at radius 2 is 1.84 bits per heavy atom. The highest BCUT2D eigenvalue weighted by molar-refractivity contribution is 6.00. The number of aromatic nitrogens is 2. The fourth-order valence-electron chi connectivity index (χ4n) is 4.56. The molecule has 0 saturated carbocycles. The summed E-state index contributed by atoms with van der Waals surface area (Å²) in [6, 6.07) is 19.7. The van der Waals surface area contributed by atoms with Crippen molar-refractivity contribution < 1.29 is 9.53 Å². The second-order valence-corrected chi connectivity index (χ2v) is 8.98. The number of para-hydroxylation sites is 2. The standard InChI is InChI=1S/C29H30N6O2/c1-4-26(36)31-22-10-5-8-20(18-22)23-11-6-9-21-19-30-29(33-27(21)23)32-24-12-7-13-25(28(24)37-3)35-16-14-34(2)15-17-35/h4-13,18-19H,1,14-17H2,2-3H3,(H,31,36)(H,30,32,33). The molecule has 0 unspecified atom stereocenters. The largest absolute Gasteiger partial charge is 0.492 e. The Hall–Kier alpha value is -4.43. The van der Waals surface area contributed by atoms with Crippen molar-refractivity contribution in [2.24, 2.45) is 0 Å². The van der Waals surface area contributed by atoms with E-state index in [-0.39, 0.29) is 5.91 Å². The summed E-state index contributed by atoms with van der Waals surface area (Å²) in [5.74, 6) is 0.997. The number of amides is 1. The zero-order chi connectivity index (χ0) is 25.8. The lowest BCUT2D eigenvalue weighted by Crippen LogP contribution is -2.44. The lowest BCUT2D eigenvalue weighted by molar-refractivity contribution is -0.111. The van der Waals surface area contributed by atoms with Gasteiger partial charge in [-0.1, -0.05) is 43.0 Å². The first-order chi connectivity index (χ1) is 18.1. The van der Waals surface area contributed by atoms with Gasteiger partial charge in [-0.25, -0.2) is 9.97 Å². The number of hydrogen-bond donors (Lipinski definition) is 2. The number of likely N-dealkylation sites (N-methyl/N-ethyl adjacent to an activating group) is 1. The summed E-state index contributed by atoms with van der Waals surface area (Å²) >= 11 is 0. The molecule has 2 N–H and O–H groups in total. The summed E-state index contributed by atoms with van der Waals surface area (Å²) < 4.78 is 5.85. The third kappa shape index (κ3) is 5.24. The molecule has 0 bridgehead atoms. The number of fused-ring (bicyclic) bond motifs is 1. The number of anilines is 4. The molecule has 3 aromatic carbocycles. The Morgan fingerprint density at radius 1 is 1.05 bits per heavy atom. The molecule has 8 nitrogen and oxygen atoms in total. The first kappa shape index (κ1) is 24.3. The van der Waals surface area contributed by atoms with Crippen molar-refractivity contribution in [3.63, 3.8) is 0 Å². The summed E-state index contributed by atoms with van der Waals surface area (Å²) in [6.07, 6.45) is 3.07. The second-order valence-electron chi connectivity index (χ2n) is 8.98. The fraction of sp³-hybridized carbons (Fsp3) is 0.207. The molecule has 1 amide bonds. The minimum absolute atomic E-state index is 0.253. The van der Waals surface area contributed by atoms with Crippen LogP contribution in [0.5, 0.6) is 5.75 Å². The highest BCUT2D eigenvalue weighted by atomic mass is 16.5. The van der Waals surface area contributed by atoms with Gasteiger partial charge < -0.3 is 25.2 Å². The van der Waals surface area contributed by atoms with Crippen LogP contribution < -0.4 is 20.3 Å². The molecule has 0 aliphatic carbocycles. The van der Waals surface area contributed by atoms with E-state index in [4.69, 9.17) is 9.72 Å². The minimum Gasteiger partial charge on any atom is -0.492 e. The van der Waals surface area contributed by atoms with Gasteiger partial charge in [0.15, 0.2) is 5.75 Å². The average molecular weight is 495 g/mol. The van der Waals surface area contributed by atoms with Gasteiger partial charge in [-0.2, -0.15) is 0 Å². The average Bonchev–Trinajstić information content (AvgIpc) is 2.93. The molecule has 1 aliphatic rings. The number of piperazine rings is 1. The van der Waals surface area contributed by atoms with Gasteiger partial charge in [-0.05, 0) is 43.0 Å². The number of hydrogen-bond acceptors (Lipinski definition) is 7. The van der Waals surface area contributed by atoms with Crippen molar-refractivity contribution in [1.82, 2.24) is 14.9 Å². The highest BCUT2D eigenvalue weighted by Crippen LogP contribution is 2.38. The number of nitrogens with zero attached hydrogens (tertiary/aromatic N) is 4. The molecule has 4 aromatic rings. The van der Waals surface area contributed by atoms with Crippen molar-refractivity contribution >= 4 is 39.8 Å². The predicted molar refractivity (Wildman–Crippen MR) is 150 cm³/mol. The third-order valence-corrected chi connectivity index (χ3v) is 6.53. The molecule has 37 heavy (non-hydrogen) atoms. The number of carbonyl (C=O) groups excluding carboxylic acids is 1. The Bertz CT molecular complexity index is 1450. The zero-order valence-electron chi connectivity index (χ0n) is 21.1. The molecule has 0 atom stereocenters. The van der Waals surface area contributed by atoms with Crippen LogP contribution in [0.3, 0.4) is 0 Å². The number of benzene rings is 3. The number of carbonyl (C=O) groups is 1. The van der Waals surface area contributed by atoms with Crippen LogP contribution in [0.2, 0.25) is 0 Å². The number of nitrogens with one attached hydrogen (secondary N) is 2. The Kier molecular flexibility index (Phi) is 7.00. The van der Waals surface area contributed by atoms with Crippen LogP contribution in [0.25, 0.3) is 22.0 Å². The smallest absolute Gasteiger partial charge is 0.247 e. The van der Waals surface area contributed by atoms with Crippen LogP contribution in [-0.2, 0) is 4.79 Å². The minimum atomic E-state index is -0.253. The Labute approximate surface area is 216 Å². The lowest BCUT2D eigenvalue weighted by atomic mass is 10.0. The van der Waals surface area contributed by atoms with Crippen LogP contribution in [0.4, 0.5) is 23.0 Å². The van der Waals surface area contributed by atoms with Gasteiger partial charge in [-0.15, -0.1) is 0 Å². The lowest BCUT2D eigenvalue weighted by Gasteiger charge is -2.35. The third-order valence-electron chi connectivity index (χ3n) is 6.53. The quantitative estimate of drug-likeness (QED) is 0.353. The van der Waals surface area contributed by atoms with Gasteiger partial charge in [0.2, 0.25) is 11.9 Å². The maximum Gasteiger partial charge on any atom is 0.247 e. The molecule has 0 spiro atoms. The topological polar surface area (TPSA) is 82.6 Å². The molecule has 8 heteroatoms. The van der Waals surface area contributed by atoms with Crippen LogP contribution >= 0.6 is 0 Å². The number of ether oxygens (including phenoxy) is 1. The van der Waals surface area contributed by atoms with E-state index in [0.717, 1.165) is 65.3 Å². The summed E-state index contributed by atoms with van der Waals surface area (Å²) in [6.45, 7) is 7.43. The van der Waals surface area contributed by atoms with E-state index in [2.05, 4.69) is 45.1 Å². The van der Waals surface area contributed by atoms with Crippen LogP contribution in [0.15, 0.2) is 79.5 Å². The number of methoxy groups -OCH3 is 1. The summed E-state index contributed by atoms with van der Waals surface area (Å²) in [5, 5.41) is 7.11.